The van der Waals surface area contributed by atoms with Gasteiger partial charge in [0.25, 0.3) is 5.91 Å². The van der Waals surface area contributed by atoms with Crippen molar-refractivity contribution >= 4 is 33.5 Å². The maximum absolute atomic E-state index is 13.8. The number of hydrogen-bond acceptors (Lipinski definition) is 9. The predicted molar refractivity (Wildman–Crippen MR) is 166 cm³/mol. The number of amides is 1. The quantitative estimate of drug-likeness (QED) is 0.302. The largest absolute Gasteiger partial charge is 0.508 e. The standard InChI is InChI=1S/C33H34FN7O3/c1-20-6-4-7-22-14-26(42)16-27(29(20)22)23-15-28-30(36-17-23)31(38-33(37-28)44-19-25-8-5-11-39(25)3)40-12-13-41(32(43)21(2)34)24(18-40)9-10-35/h4,6-7,14-17,24-25,42H,2,5,8-9,11-13,18-19H2,1,3H3/t24-,25?/m0/s1. The number of likely N-dealkylation sites (tertiary alicyclic amines) is 1. The number of ether oxygens (including phenoxy) is 1. The Morgan fingerprint density at radius 3 is 2.80 bits per heavy atom. The minimum Gasteiger partial charge on any atom is -0.508 e. The molecule has 1 N–H and O–H groups in total. The maximum Gasteiger partial charge on any atom is 0.319 e. The van der Waals surface area contributed by atoms with Crippen LogP contribution in [0.5, 0.6) is 11.8 Å². The molecule has 2 atom stereocenters. The lowest BCUT2D eigenvalue weighted by atomic mass is 9.95. The van der Waals surface area contributed by atoms with E-state index < -0.39 is 17.8 Å². The van der Waals surface area contributed by atoms with Crippen LogP contribution in [0.3, 0.4) is 0 Å². The number of fused-ring (bicyclic) bond motifs is 2. The van der Waals surface area contributed by atoms with Crippen molar-refractivity contribution in [3.05, 3.63) is 60.6 Å². The molecule has 4 heterocycles. The number of halogens is 1. The fourth-order valence-electron chi connectivity index (χ4n) is 6.35. The van der Waals surface area contributed by atoms with Gasteiger partial charge in [0, 0.05) is 37.4 Å². The van der Waals surface area contributed by atoms with Gasteiger partial charge in [0.2, 0.25) is 0 Å². The number of pyridine rings is 1. The van der Waals surface area contributed by atoms with Gasteiger partial charge >= 0.3 is 6.01 Å². The van der Waals surface area contributed by atoms with Gasteiger partial charge in [0.05, 0.1) is 24.0 Å². The molecule has 1 unspecified atom stereocenters. The molecule has 0 bridgehead atoms. The maximum atomic E-state index is 13.8. The zero-order valence-electron chi connectivity index (χ0n) is 24.8. The normalized spacial score (nSPS) is 19.0. The number of phenols is 1. The molecule has 2 aliphatic heterocycles. The summed E-state index contributed by atoms with van der Waals surface area (Å²) in [5.74, 6) is -1.19. The number of benzene rings is 2. The molecular formula is C33H34FN7O3. The second-order valence-electron chi connectivity index (χ2n) is 11.5. The summed E-state index contributed by atoms with van der Waals surface area (Å²) >= 11 is 0. The summed E-state index contributed by atoms with van der Waals surface area (Å²) in [5.41, 5.74) is 3.76. The molecule has 0 spiro atoms. The number of anilines is 1. The molecule has 2 fully saturated rings. The van der Waals surface area contributed by atoms with Crippen LogP contribution in [0.2, 0.25) is 0 Å². The number of aryl methyl sites for hydroxylation is 1. The number of hydrogen-bond donors (Lipinski definition) is 1. The first-order chi connectivity index (χ1) is 21.2. The van der Waals surface area contributed by atoms with Gasteiger partial charge in [-0.25, -0.2) is 4.39 Å². The van der Waals surface area contributed by atoms with Crippen LogP contribution < -0.4 is 9.64 Å². The Balaban J connectivity index is 1.43. The third kappa shape index (κ3) is 5.61. The van der Waals surface area contributed by atoms with E-state index in [0.717, 1.165) is 46.8 Å². The highest BCUT2D eigenvalue weighted by atomic mass is 19.1. The minimum atomic E-state index is -1.05. The summed E-state index contributed by atoms with van der Waals surface area (Å²) < 4.78 is 20.0. The summed E-state index contributed by atoms with van der Waals surface area (Å²) in [6.45, 7) is 7.42. The van der Waals surface area contributed by atoms with Crippen LogP contribution in [-0.4, -0.2) is 87.7 Å². The van der Waals surface area contributed by atoms with Crippen LogP contribution in [0.4, 0.5) is 10.2 Å². The molecule has 44 heavy (non-hydrogen) atoms. The van der Waals surface area contributed by atoms with Crippen molar-refractivity contribution in [1.29, 1.82) is 5.26 Å². The molecule has 6 rings (SSSR count). The molecular weight excluding hydrogens is 561 g/mol. The molecule has 226 valence electrons. The number of phenolic OH excluding ortho intramolecular Hbond substituents is 1. The third-order valence-electron chi connectivity index (χ3n) is 8.66. The van der Waals surface area contributed by atoms with Gasteiger partial charge in [0.1, 0.15) is 17.9 Å². The van der Waals surface area contributed by atoms with E-state index in [1.54, 1.807) is 18.3 Å². The fraction of sp³-hybridized carbons (Fsp3) is 0.364. The van der Waals surface area contributed by atoms with Crippen molar-refractivity contribution in [3.63, 3.8) is 0 Å². The molecule has 11 heteroatoms. The van der Waals surface area contributed by atoms with Gasteiger partial charge in [-0.15, -0.1) is 0 Å². The Kier molecular flexibility index (Phi) is 8.01. The number of aromatic nitrogens is 3. The second-order valence-corrected chi connectivity index (χ2v) is 11.5. The van der Waals surface area contributed by atoms with Gasteiger partial charge in [-0.1, -0.05) is 24.8 Å². The van der Waals surface area contributed by atoms with Crippen LogP contribution in [0.15, 0.2) is 55.0 Å². The van der Waals surface area contributed by atoms with Crippen molar-refractivity contribution in [2.45, 2.75) is 38.3 Å². The summed E-state index contributed by atoms with van der Waals surface area (Å²) in [7, 11) is 2.08. The van der Waals surface area contributed by atoms with Crippen molar-refractivity contribution < 1.29 is 19.0 Å². The first-order valence-electron chi connectivity index (χ1n) is 14.7. The van der Waals surface area contributed by atoms with E-state index in [9.17, 15) is 19.6 Å². The van der Waals surface area contributed by atoms with Crippen molar-refractivity contribution in [1.82, 2.24) is 24.8 Å². The van der Waals surface area contributed by atoms with E-state index in [1.807, 2.05) is 36.1 Å². The lowest BCUT2D eigenvalue weighted by Gasteiger charge is -2.41. The number of piperazine rings is 1. The highest BCUT2D eigenvalue weighted by Gasteiger charge is 2.33. The minimum absolute atomic E-state index is 0.0252. The monoisotopic (exact) mass is 595 g/mol. The van der Waals surface area contributed by atoms with E-state index in [1.165, 1.54) is 4.90 Å². The number of aromatic hydroxyl groups is 1. The van der Waals surface area contributed by atoms with Crippen LogP contribution in [0.1, 0.15) is 24.8 Å². The fourth-order valence-corrected chi connectivity index (χ4v) is 6.35. The highest BCUT2D eigenvalue weighted by Crippen LogP contribution is 2.37. The van der Waals surface area contributed by atoms with E-state index in [0.29, 0.717) is 30.0 Å². The van der Waals surface area contributed by atoms with Crippen molar-refractivity contribution in [3.8, 4) is 29.0 Å². The number of likely N-dealkylation sites (N-methyl/N-ethyl adjacent to an activating group) is 1. The molecule has 10 nitrogen and oxygen atoms in total. The average Bonchev–Trinajstić information content (AvgIpc) is 3.43. The third-order valence-corrected chi connectivity index (χ3v) is 8.66. The Morgan fingerprint density at radius 2 is 2.05 bits per heavy atom. The lowest BCUT2D eigenvalue weighted by Crippen LogP contribution is -2.55. The Bertz CT molecular complexity index is 1810. The van der Waals surface area contributed by atoms with Gasteiger partial charge in [-0.2, -0.15) is 15.2 Å². The smallest absolute Gasteiger partial charge is 0.319 e. The topological polar surface area (TPSA) is 119 Å². The summed E-state index contributed by atoms with van der Waals surface area (Å²) in [6.07, 6.45) is 3.90. The first-order valence-corrected chi connectivity index (χ1v) is 14.7. The Labute approximate surface area is 255 Å². The summed E-state index contributed by atoms with van der Waals surface area (Å²) in [5, 5.41) is 21.9. The van der Waals surface area contributed by atoms with Crippen LogP contribution in [0.25, 0.3) is 32.9 Å². The van der Waals surface area contributed by atoms with E-state index in [2.05, 4.69) is 24.6 Å². The van der Waals surface area contributed by atoms with E-state index in [4.69, 9.17) is 19.7 Å². The van der Waals surface area contributed by atoms with E-state index in [-0.39, 0.29) is 37.3 Å². The number of rotatable bonds is 7. The summed E-state index contributed by atoms with van der Waals surface area (Å²) in [6, 6.07) is 13.4. The molecule has 2 aromatic carbocycles. The van der Waals surface area contributed by atoms with Gasteiger partial charge < -0.3 is 24.5 Å². The van der Waals surface area contributed by atoms with Crippen LogP contribution in [0, 0.1) is 18.3 Å². The molecule has 0 saturated carbocycles. The van der Waals surface area contributed by atoms with Crippen molar-refractivity contribution in [2.24, 2.45) is 0 Å². The second kappa shape index (κ2) is 12.1. The zero-order chi connectivity index (χ0) is 31.0. The molecule has 1 amide bonds. The number of nitriles is 1. The molecule has 2 saturated heterocycles. The van der Waals surface area contributed by atoms with Gasteiger partial charge in [-0.05, 0) is 73.5 Å². The molecule has 2 aliphatic rings. The van der Waals surface area contributed by atoms with Gasteiger partial charge in [-0.3, -0.25) is 9.78 Å². The lowest BCUT2D eigenvalue weighted by molar-refractivity contribution is -0.131. The van der Waals surface area contributed by atoms with Crippen LogP contribution in [-0.2, 0) is 4.79 Å². The number of carbonyl (C=O) groups excluding carboxylic acids is 1. The summed E-state index contributed by atoms with van der Waals surface area (Å²) in [4.78, 5) is 32.4. The first kappa shape index (κ1) is 29.3. The number of carbonyl (C=O) groups is 1. The SMILES string of the molecule is C=C(F)C(=O)N1CCN(c2nc(OCC3CCCN3C)nc3cc(-c4cc(O)cc5cccc(C)c45)cnc23)C[C@@H]1CC#N. The zero-order valence-corrected chi connectivity index (χ0v) is 24.8. The average molecular weight is 596 g/mol. The molecule has 0 radical (unpaired) electrons. The van der Waals surface area contributed by atoms with Crippen molar-refractivity contribution in [2.75, 3.05) is 44.7 Å². The predicted octanol–water partition coefficient (Wildman–Crippen LogP) is 4.75. The molecule has 2 aromatic heterocycles. The number of nitrogens with zero attached hydrogens (tertiary/aromatic N) is 7. The van der Waals surface area contributed by atoms with Crippen LogP contribution >= 0.6 is 0 Å². The highest BCUT2D eigenvalue weighted by molar-refractivity contribution is 6.01. The Morgan fingerprint density at radius 1 is 1.20 bits per heavy atom. The Hall–Kier alpha value is -4.82. The molecule has 4 aromatic rings. The van der Waals surface area contributed by atoms with Gasteiger partial charge in [0.15, 0.2) is 11.6 Å². The molecule has 0 aliphatic carbocycles. The van der Waals surface area contributed by atoms with E-state index >= 15 is 0 Å².